The van der Waals surface area contributed by atoms with Crippen LogP contribution in [0.1, 0.15) is 0 Å². The zero-order valence-electron chi connectivity index (χ0n) is 21.6. The Morgan fingerprint density at radius 1 is 0.400 bits per heavy atom. The molecule has 3 aromatic heterocycles. The third kappa shape index (κ3) is 2.86. The summed E-state index contributed by atoms with van der Waals surface area (Å²) in [5.41, 5.74) is 8.18. The van der Waals surface area contributed by atoms with E-state index in [2.05, 4.69) is 142 Å². The van der Waals surface area contributed by atoms with Gasteiger partial charge < -0.3 is 9.13 Å². The quantitative estimate of drug-likeness (QED) is 0.227. The van der Waals surface area contributed by atoms with E-state index < -0.39 is 0 Å². The maximum absolute atomic E-state index is 4.55. The molecule has 0 radical (unpaired) electrons. The number of rotatable bonds is 2. The van der Waals surface area contributed by atoms with E-state index in [9.17, 15) is 0 Å². The number of benzene rings is 6. The number of aromatic nitrogens is 3. The van der Waals surface area contributed by atoms with Gasteiger partial charge in [0.1, 0.15) is 0 Å². The zero-order valence-corrected chi connectivity index (χ0v) is 21.6. The van der Waals surface area contributed by atoms with Gasteiger partial charge in [0.25, 0.3) is 0 Å². The summed E-state index contributed by atoms with van der Waals surface area (Å²) < 4.78 is 4.81. The van der Waals surface area contributed by atoms with Crippen molar-refractivity contribution < 1.29 is 0 Å². The molecule has 0 aliphatic heterocycles. The van der Waals surface area contributed by atoms with Crippen LogP contribution in [-0.4, -0.2) is 14.1 Å². The minimum Gasteiger partial charge on any atom is -0.309 e. The van der Waals surface area contributed by atoms with Gasteiger partial charge in [0.2, 0.25) is 0 Å². The fraction of sp³-hybridized carbons (Fsp3) is 0. The summed E-state index contributed by atoms with van der Waals surface area (Å²) in [6.45, 7) is 0. The summed E-state index contributed by atoms with van der Waals surface area (Å²) in [6.07, 6.45) is 1.85. The van der Waals surface area contributed by atoms with Gasteiger partial charge in [-0.05, 0) is 66.0 Å². The minimum absolute atomic E-state index is 1.01. The Bertz CT molecular complexity index is 2430. The molecular formula is C37H23N3. The van der Waals surface area contributed by atoms with E-state index in [0.717, 1.165) is 16.6 Å². The molecule has 0 fully saturated rings. The molecule has 0 atom stereocenters. The largest absolute Gasteiger partial charge is 0.309 e. The predicted molar refractivity (Wildman–Crippen MR) is 168 cm³/mol. The maximum Gasteiger partial charge on any atom is 0.0703 e. The fourth-order valence-electron chi connectivity index (χ4n) is 6.67. The number of hydrogen-bond acceptors (Lipinski definition) is 1. The van der Waals surface area contributed by atoms with Gasteiger partial charge in [-0.3, -0.25) is 4.98 Å². The molecule has 3 heteroatoms. The highest BCUT2D eigenvalue weighted by molar-refractivity contribution is 6.33. The SMILES string of the molecule is c1ccc(-n2c3ccccc3c3c4c(ccc32)ccc2c4c3ccccc3n2-c2ccc3ncccc3c2)cc1. The van der Waals surface area contributed by atoms with Crippen molar-refractivity contribution in [3.63, 3.8) is 0 Å². The van der Waals surface area contributed by atoms with Crippen LogP contribution in [0.15, 0.2) is 140 Å². The van der Waals surface area contributed by atoms with E-state index in [0.29, 0.717) is 0 Å². The third-order valence-corrected chi connectivity index (χ3v) is 8.31. The molecule has 9 aromatic rings. The third-order valence-electron chi connectivity index (χ3n) is 8.31. The molecule has 9 rings (SSSR count). The second-order valence-corrected chi connectivity index (χ2v) is 10.4. The number of pyridine rings is 1. The molecule has 0 aliphatic carbocycles. The topological polar surface area (TPSA) is 22.8 Å². The first kappa shape index (κ1) is 21.5. The van der Waals surface area contributed by atoms with Gasteiger partial charge in [0.05, 0.1) is 27.6 Å². The summed E-state index contributed by atoms with van der Waals surface area (Å²) >= 11 is 0. The standard InChI is InChI=1S/C37H23N3/c1-2-10-26(11-3-1)39-31-14-6-4-12-28(31)36-33(39)20-16-24-17-21-34-37(35(24)36)29-13-5-7-15-32(29)40(34)27-18-19-30-25(23-27)9-8-22-38-30/h1-23H. The Balaban J connectivity index is 1.49. The molecule has 3 heterocycles. The molecule has 186 valence electrons. The highest BCUT2D eigenvalue weighted by atomic mass is 15.0. The van der Waals surface area contributed by atoms with Crippen LogP contribution in [0.25, 0.3) is 76.7 Å². The molecule has 0 aliphatic rings. The van der Waals surface area contributed by atoms with E-state index >= 15 is 0 Å². The Kier molecular flexibility index (Phi) is 4.33. The minimum atomic E-state index is 1.01. The van der Waals surface area contributed by atoms with Crippen molar-refractivity contribution in [1.29, 1.82) is 0 Å². The number of fused-ring (bicyclic) bond motifs is 10. The average molecular weight is 510 g/mol. The fourth-order valence-corrected chi connectivity index (χ4v) is 6.67. The van der Waals surface area contributed by atoms with Crippen molar-refractivity contribution in [2.24, 2.45) is 0 Å². The summed E-state index contributed by atoms with van der Waals surface area (Å²) in [7, 11) is 0. The van der Waals surface area contributed by atoms with Gasteiger partial charge >= 0.3 is 0 Å². The summed E-state index contributed by atoms with van der Waals surface area (Å²) in [5.74, 6) is 0. The number of para-hydroxylation sites is 3. The van der Waals surface area contributed by atoms with Crippen molar-refractivity contribution in [3.8, 4) is 11.4 Å². The first-order valence-corrected chi connectivity index (χ1v) is 13.7. The van der Waals surface area contributed by atoms with Crippen molar-refractivity contribution in [2.75, 3.05) is 0 Å². The highest BCUT2D eigenvalue weighted by Crippen LogP contribution is 2.43. The van der Waals surface area contributed by atoms with Crippen LogP contribution in [0.2, 0.25) is 0 Å². The van der Waals surface area contributed by atoms with Gasteiger partial charge in [-0.1, -0.05) is 72.8 Å². The second kappa shape index (κ2) is 8.05. The van der Waals surface area contributed by atoms with Gasteiger partial charge in [0.15, 0.2) is 0 Å². The smallest absolute Gasteiger partial charge is 0.0703 e. The molecule has 0 N–H and O–H groups in total. The molecule has 3 nitrogen and oxygen atoms in total. The lowest BCUT2D eigenvalue weighted by molar-refractivity contribution is 1.18. The molecular weight excluding hydrogens is 486 g/mol. The van der Waals surface area contributed by atoms with Crippen LogP contribution in [-0.2, 0) is 0 Å². The van der Waals surface area contributed by atoms with Crippen molar-refractivity contribution in [3.05, 3.63) is 140 Å². The summed E-state index contributed by atoms with van der Waals surface area (Å²) in [6, 6.07) is 48.1. The Labute approximate surface area is 230 Å². The molecule has 0 saturated carbocycles. The van der Waals surface area contributed by atoms with Crippen LogP contribution in [0.4, 0.5) is 0 Å². The van der Waals surface area contributed by atoms with Crippen LogP contribution in [0.3, 0.4) is 0 Å². The monoisotopic (exact) mass is 509 g/mol. The van der Waals surface area contributed by atoms with Crippen molar-refractivity contribution >= 4 is 65.3 Å². The van der Waals surface area contributed by atoms with Gasteiger partial charge in [-0.25, -0.2) is 0 Å². The van der Waals surface area contributed by atoms with Crippen LogP contribution in [0.5, 0.6) is 0 Å². The lowest BCUT2D eigenvalue weighted by Gasteiger charge is -2.10. The molecule has 0 amide bonds. The molecule has 0 spiro atoms. The van der Waals surface area contributed by atoms with Crippen LogP contribution in [0, 0.1) is 0 Å². The van der Waals surface area contributed by atoms with E-state index in [1.54, 1.807) is 0 Å². The van der Waals surface area contributed by atoms with Gasteiger partial charge in [-0.15, -0.1) is 0 Å². The van der Waals surface area contributed by atoms with E-state index in [1.807, 2.05) is 12.3 Å². The van der Waals surface area contributed by atoms with Gasteiger partial charge in [-0.2, -0.15) is 0 Å². The summed E-state index contributed by atoms with van der Waals surface area (Å²) in [5, 5.41) is 8.82. The predicted octanol–water partition coefficient (Wildman–Crippen LogP) is 9.58. The van der Waals surface area contributed by atoms with E-state index in [4.69, 9.17) is 0 Å². The normalized spacial score (nSPS) is 12.0. The zero-order chi connectivity index (χ0) is 26.2. The van der Waals surface area contributed by atoms with E-state index in [1.165, 1.54) is 60.1 Å². The van der Waals surface area contributed by atoms with Crippen LogP contribution >= 0.6 is 0 Å². The first-order valence-electron chi connectivity index (χ1n) is 13.7. The Hall–Kier alpha value is -5.41. The number of nitrogens with zero attached hydrogens (tertiary/aromatic N) is 3. The van der Waals surface area contributed by atoms with E-state index in [-0.39, 0.29) is 0 Å². The highest BCUT2D eigenvalue weighted by Gasteiger charge is 2.20. The second-order valence-electron chi connectivity index (χ2n) is 10.4. The maximum atomic E-state index is 4.55. The molecule has 40 heavy (non-hydrogen) atoms. The van der Waals surface area contributed by atoms with Gasteiger partial charge in [0, 0.05) is 49.9 Å². The Morgan fingerprint density at radius 3 is 1.73 bits per heavy atom. The van der Waals surface area contributed by atoms with Crippen molar-refractivity contribution in [2.45, 2.75) is 0 Å². The molecule has 6 aromatic carbocycles. The van der Waals surface area contributed by atoms with Crippen molar-refractivity contribution in [1.82, 2.24) is 14.1 Å². The lowest BCUT2D eigenvalue weighted by Crippen LogP contribution is -1.94. The van der Waals surface area contributed by atoms with Crippen LogP contribution < -0.4 is 0 Å². The average Bonchev–Trinajstić information content (AvgIpc) is 3.54. The summed E-state index contributed by atoms with van der Waals surface area (Å²) in [4.78, 5) is 4.55. The molecule has 0 unspecified atom stereocenters. The Morgan fingerprint density at radius 2 is 1.02 bits per heavy atom. The lowest BCUT2D eigenvalue weighted by atomic mass is 9.98. The number of hydrogen-bond donors (Lipinski definition) is 0. The first-order chi connectivity index (χ1) is 19.9. The molecule has 0 saturated heterocycles. The molecule has 0 bridgehead atoms.